The topological polar surface area (TPSA) is 91.9 Å². The Balaban J connectivity index is 3.49. The molecule has 0 aromatic carbocycles. The van der Waals surface area contributed by atoms with E-state index in [1.165, 1.54) is 0 Å². The standard InChI is InChI=1S/C3H6N4O/c4-2-1-3(8)6-7-5/h1-2,4H2. The van der Waals surface area contributed by atoms with Gasteiger partial charge in [0.2, 0.25) is 5.91 Å². The Morgan fingerprint density at radius 2 is 2.50 bits per heavy atom. The first kappa shape index (κ1) is 6.94. The van der Waals surface area contributed by atoms with Gasteiger partial charge in [0.05, 0.1) is 0 Å². The van der Waals surface area contributed by atoms with Crippen LogP contribution in [0.15, 0.2) is 5.11 Å². The van der Waals surface area contributed by atoms with E-state index in [0.29, 0.717) is 0 Å². The summed E-state index contributed by atoms with van der Waals surface area (Å²) in [5, 5.41) is 2.78. The Morgan fingerprint density at radius 3 is 2.88 bits per heavy atom. The molecule has 0 bridgehead atoms. The second-order valence-electron chi connectivity index (χ2n) is 1.12. The van der Waals surface area contributed by atoms with Crippen LogP contribution in [0.25, 0.3) is 10.4 Å². The van der Waals surface area contributed by atoms with Crippen LogP contribution in [-0.4, -0.2) is 12.5 Å². The SMILES string of the molecule is [N-]=[N+]=NC(=O)CCN. The van der Waals surface area contributed by atoms with Gasteiger partial charge in [-0.3, -0.25) is 4.79 Å². The molecule has 44 valence electrons. The van der Waals surface area contributed by atoms with Crippen molar-refractivity contribution in [2.75, 3.05) is 6.54 Å². The zero-order valence-electron chi connectivity index (χ0n) is 4.24. The fourth-order valence-corrected chi connectivity index (χ4v) is 0.223. The molecule has 1 amide bonds. The van der Waals surface area contributed by atoms with Crippen molar-refractivity contribution in [3.8, 4) is 0 Å². The van der Waals surface area contributed by atoms with E-state index in [9.17, 15) is 4.79 Å². The summed E-state index contributed by atoms with van der Waals surface area (Å²) < 4.78 is 0. The third-order valence-electron chi connectivity index (χ3n) is 0.514. The Bertz CT molecular complexity index is 125. The second kappa shape index (κ2) is 4.11. The first-order valence-electron chi connectivity index (χ1n) is 2.09. The van der Waals surface area contributed by atoms with Crippen molar-refractivity contribution >= 4 is 5.91 Å². The van der Waals surface area contributed by atoms with Crippen molar-refractivity contribution in [1.29, 1.82) is 0 Å². The van der Waals surface area contributed by atoms with Crippen molar-refractivity contribution in [1.82, 2.24) is 0 Å². The number of carbonyl (C=O) groups excluding carboxylic acids is 1. The summed E-state index contributed by atoms with van der Waals surface area (Å²) in [6.07, 6.45) is 0.129. The zero-order chi connectivity index (χ0) is 6.41. The minimum Gasteiger partial charge on any atom is -0.330 e. The number of amides is 1. The van der Waals surface area contributed by atoms with Gasteiger partial charge in [-0.15, -0.1) is 0 Å². The van der Waals surface area contributed by atoms with Crippen LogP contribution in [0, 0.1) is 0 Å². The molecule has 0 spiro atoms. The van der Waals surface area contributed by atoms with E-state index in [0.717, 1.165) is 0 Å². The summed E-state index contributed by atoms with van der Waals surface area (Å²) >= 11 is 0. The van der Waals surface area contributed by atoms with Crippen LogP contribution in [0.2, 0.25) is 0 Å². The lowest BCUT2D eigenvalue weighted by atomic mass is 10.4. The predicted molar refractivity (Wildman–Crippen MR) is 27.8 cm³/mol. The third-order valence-corrected chi connectivity index (χ3v) is 0.514. The largest absolute Gasteiger partial charge is 0.330 e. The van der Waals surface area contributed by atoms with Crippen molar-refractivity contribution in [3.05, 3.63) is 10.4 Å². The van der Waals surface area contributed by atoms with E-state index in [2.05, 4.69) is 10.0 Å². The summed E-state index contributed by atoms with van der Waals surface area (Å²) in [6, 6.07) is 0. The molecule has 5 nitrogen and oxygen atoms in total. The summed E-state index contributed by atoms with van der Waals surface area (Å²) in [5.41, 5.74) is 12.6. The lowest BCUT2D eigenvalue weighted by Crippen LogP contribution is -2.04. The summed E-state index contributed by atoms with van der Waals surface area (Å²) in [7, 11) is 0. The van der Waals surface area contributed by atoms with Gasteiger partial charge < -0.3 is 5.73 Å². The number of nitrogens with two attached hydrogens (primary N) is 1. The molecule has 0 fully saturated rings. The molecule has 5 heteroatoms. The molecule has 0 rings (SSSR count). The highest BCUT2D eigenvalue weighted by molar-refractivity contribution is 5.76. The summed E-state index contributed by atoms with van der Waals surface area (Å²) in [5.74, 6) is -0.505. The molecule has 0 aromatic rings. The van der Waals surface area contributed by atoms with Gasteiger partial charge in [-0.05, 0) is 17.2 Å². The molecular formula is C3H6N4O. The van der Waals surface area contributed by atoms with Gasteiger partial charge in [-0.25, -0.2) is 0 Å². The van der Waals surface area contributed by atoms with E-state index in [-0.39, 0.29) is 13.0 Å². The molecule has 0 heterocycles. The minimum atomic E-state index is -0.505. The number of carbonyl (C=O) groups is 1. The number of rotatable bonds is 2. The minimum absolute atomic E-state index is 0.129. The van der Waals surface area contributed by atoms with E-state index in [1.54, 1.807) is 0 Å². The van der Waals surface area contributed by atoms with Gasteiger partial charge in [-0.2, -0.15) is 0 Å². The fourth-order valence-electron chi connectivity index (χ4n) is 0.223. The molecule has 0 saturated heterocycles. The predicted octanol–water partition coefficient (Wildman–Crippen LogP) is 0.172. The Hall–Kier alpha value is -1.06. The van der Waals surface area contributed by atoms with Crippen molar-refractivity contribution in [2.45, 2.75) is 6.42 Å². The van der Waals surface area contributed by atoms with Crippen LogP contribution in [0.5, 0.6) is 0 Å². The smallest absolute Gasteiger partial charge is 0.220 e. The number of nitrogens with zero attached hydrogens (tertiary/aromatic N) is 3. The van der Waals surface area contributed by atoms with Crippen LogP contribution in [0.4, 0.5) is 0 Å². The van der Waals surface area contributed by atoms with Crippen LogP contribution < -0.4 is 5.73 Å². The lowest BCUT2D eigenvalue weighted by molar-refractivity contribution is -0.117. The second-order valence-corrected chi connectivity index (χ2v) is 1.12. The zero-order valence-corrected chi connectivity index (χ0v) is 4.24. The van der Waals surface area contributed by atoms with Crippen molar-refractivity contribution in [2.24, 2.45) is 10.8 Å². The van der Waals surface area contributed by atoms with E-state index < -0.39 is 5.91 Å². The first-order chi connectivity index (χ1) is 3.81. The fraction of sp³-hybridized carbons (Fsp3) is 0.667. The molecule has 0 radical (unpaired) electrons. The van der Waals surface area contributed by atoms with E-state index in [1.807, 2.05) is 0 Å². The molecule has 0 atom stereocenters. The number of azide groups is 1. The molecule has 0 saturated carbocycles. The molecule has 0 unspecified atom stereocenters. The molecule has 0 aromatic heterocycles. The third kappa shape index (κ3) is 3.14. The Kier molecular flexibility index (Phi) is 3.56. The molecule has 0 aliphatic heterocycles. The average molecular weight is 114 g/mol. The van der Waals surface area contributed by atoms with Crippen molar-refractivity contribution in [3.63, 3.8) is 0 Å². The highest BCUT2D eigenvalue weighted by atomic mass is 16.1. The molecular weight excluding hydrogens is 108 g/mol. The van der Waals surface area contributed by atoms with Gasteiger partial charge in [0.1, 0.15) is 0 Å². The Morgan fingerprint density at radius 1 is 1.88 bits per heavy atom. The normalized spacial score (nSPS) is 7.62. The lowest BCUT2D eigenvalue weighted by Gasteiger charge is -1.82. The highest BCUT2D eigenvalue weighted by Gasteiger charge is 1.91. The Labute approximate surface area is 46.1 Å². The van der Waals surface area contributed by atoms with Gasteiger partial charge in [0.25, 0.3) is 0 Å². The monoisotopic (exact) mass is 114 g/mol. The molecule has 2 N–H and O–H groups in total. The quantitative estimate of drug-likeness (QED) is 0.315. The van der Waals surface area contributed by atoms with Gasteiger partial charge in [0, 0.05) is 11.3 Å². The maximum absolute atomic E-state index is 10.1. The highest BCUT2D eigenvalue weighted by Crippen LogP contribution is 1.79. The molecule has 8 heavy (non-hydrogen) atoms. The van der Waals surface area contributed by atoms with Gasteiger partial charge in [-0.1, -0.05) is 0 Å². The van der Waals surface area contributed by atoms with Crippen LogP contribution in [0.1, 0.15) is 6.42 Å². The number of hydrogen-bond acceptors (Lipinski definition) is 2. The summed E-state index contributed by atoms with van der Waals surface area (Å²) in [6.45, 7) is 0.234. The van der Waals surface area contributed by atoms with E-state index in [4.69, 9.17) is 11.3 Å². The van der Waals surface area contributed by atoms with Crippen molar-refractivity contribution < 1.29 is 4.79 Å². The average Bonchev–Trinajstić information content (AvgIpc) is 1.68. The van der Waals surface area contributed by atoms with Crippen LogP contribution in [-0.2, 0) is 4.79 Å². The van der Waals surface area contributed by atoms with E-state index >= 15 is 0 Å². The summed E-state index contributed by atoms with van der Waals surface area (Å²) in [4.78, 5) is 12.4. The number of hydrogen-bond donors (Lipinski definition) is 1. The van der Waals surface area contributed by atoms with Gasteiger partial charge in [0.15, 0.2) is 0 Å². The maximum atomic E-state index is 10.1. The molecule has 0 aliphatic carbocycles. The van der Waals surface area contributed by atoms with Crippen LogP contribution in [0.3, 0.4) is 0 Å². The molecule has 0 aliphatic rings. The van der Waals surface area contributed by atoms with Gasteiger partial charge >= 0.3 is 0 Å². The maximum Gasteiger partial charge on any atom is 0.220 e. The first-order valence-corrected chi connectivity index (χ1v) is 2.09. The van der Waals surface area contributed by atoms with Crippen LogP contribution >= 0.6 is 0 Å².